The number of aromatic nitrogens is 3. The highest BCUT2D eigenvalue weighted by molar-refractivity contribution is 5.93. The standard InChI is InChI=1S/C17H25N5O3/c1-4-14(17(23)20-15-7-11(2)25-21-15)18-8-12-5-6-24-16(12)13-9-19-22(3)10-13/h7,9-10,12,14,16,18H,4-6,8H2,1-3H3,(H,20,21,23)/t12-,14+,16+/m1/s1. The predicted molar refractivity (Wildman–Crippen MR) is 92.0 cm³/mol. The number of carbonyl (C=O) groups is 1. The zero-order valence-corrected chi connectivity index (χ0v) is 14.9. The minimum absolute atomic E-state index is 0.0277. The summed E-state index contributed by atoms with van der Waals surface area (Å²) >= 11 is 0. The fourth-order valence-electron chi connectivity index (χ4n) is 3.15. The molecule has 3 heterocycles. The number of ether oxygens (including phenoxy) is 1. The van der Waals surface area contributed by atoms with Crippen molar-refractivity contribution in [2.75, 3.05) is 18.5 Å². The van der Waals surface area contributed by atoms with E-state index in [0.29, 0.717) is 30.5 Å². The first-order valence-corrected chi connectivity index (χ1v) is 8.64. The van der Waals surface area contributed by atoms with Gasteiger partial charge >= 0.3 is 0 Å². The van der Waals surface area contributed by atoms with E-state index in [0.717, 1.165) is 18.6 Å². The first-order valence-electron chi connectivity index (χ1n) is 8.64. The Balaban J connectivity index is 1.55. The number of nitrogens with zero attached hydrogens (tertiary/aromatic N) is 3. The van der Waals surface area contributed by atoms with Gasteiger partial charge in [0.2, 0.25) is 5.91 Å². The van der Waals surface area contributed by atoms with Crippen molar-refractivity contribution in [2.24, 2.45) is 13.0 Å². The third-order valence-corrected chi connectivity index (χ3v) is 4.50. The lowest BCUT2D eigenvalue weighted by Crippen LogP contribution is -2.42. The molecule has 3 rings (SSSR count). The Morgan fingerprint density at radius 2 is 2.36 bits per heavy atom. The van der Waals surface area contributed by atoms with Crippen molar-refractivity contribution in [3.05, 3.63) is 29.8 Å². The monoisotopic (exact) mass is 347 g/mol. The molecule has 1 aliphatic rings. The maximum atomic E-state index is 12.4. The van der Waals surface area contributed by atoms with E-state index in [1.54, 1.807) is 17.7 Å². The molecule has 1 aliphatic heterocycles. The van der Waals surface area contributed by atoms with Gasteiger partial charge in [-0.25, -0.2) is 0 Å². The lowest BCUT2D eigenvalue weighted by atomic mass is 9.97. The van der Waals surface area contributed by atoms with Crippen LogP contribution in [0.2, 0.25) is 0 Å². The van der Waals surface area contributed by atoms with Gasteiger partial charge in [-0.3, -0.25) is 9.48 Å². The molecule has 0 aromatic carbocycles. The summed E-state index contributed by atoms with van der Waals surface area (Å²) in [4.78, 5) is 12.4. The minimum atomic E-state index is -0.285. The fraction of sp³-hybridized carbons (Fsp3) is 0.588. The molecule has 0 radical (unpaired) electrons. The van der Waals surface area contributed by atoms with E-state index in [2.05, 4.69) is 20.9 Å². The van der Waals surface area contributed by atoms with Gasteiger partial charge in [0.25, 0.3) is 0 Å². The molecule has 1 fully saturated rings. The lowest BCUT2D eigenvalue weighted by molar-refractivity contribution is -0.118. The molecule has 1 saturated heterocycles. The smallest absolute Gasteiger partial charge is 0.242 e. The van der Waals surface area contributed by atoms with Crippen LogP contribution in [0, 0.1) is 12.8 Å². The Hall–Kier alpha value is -2.19. The largest absolute Gasteiger partial charge is 0.373 e. The molecular weight excluding hydrogens is 322 g/mol. The maximum Gasteiger partial charge on any atom is 0.242 e. The molecular formula is C17H25N5O3. The average molecular weight is 347 g/mol. The van der Waals surface area contributed by atoms with E-state index in [-0.39, 0.29) is 18.1 Å². The van der Waals surface area contributed by atoms with Crippen LogP contribution in [-0.4, -0.2) is 40.0 Å². The van der Waals surface area contributed by atoms with Gasteiger partial charge in [0.1, 0.15) is 5.76 Å². The second-order valence-corrected chi connectivity index (χ2v) is 6.47. The third kappa shape index (κ3) is 4.26. The highest BCUT2D eigenvalue weighted by atomic mass is 16.5. The second kappa shape index (κ2) is 7.79. The summed E-state index contributed by atoms with van der Waals surface area (Å²) in [5.41, 5.74) is 1.09. The van der Waals surface area contributed by atoms with E-state index < -0.39 is 0 Å². The number of anilines is 1. The Morgan fingerprint density at radius 3 is 3.00 bits per heavy atom. The van der Waals surface area contributed by atoms with Gasteiger partial charge in [-0.15, -0.1) is 0 Å². The minimum Gasteiger partial charge on any atom is -0.373 e. The van der Waals surface area contributed by atoms with Crippen LogP contribution in [0.1, 0.15) is 37.2 Å². The molecule has 8 heteroatoms. The topological polar surface area (TPSA) is 94.2 Å². The summed E-state index contributed by atoms with van der Waals surface area (Å²) in [6.45, 7) is 5.21. The van der Waals surface area contributed by atoms with Crippen LogP contribution in [0.25, 0.3) is 0 Å². The lowest BCUT2D eigenvalue weighted by Gasteiger charge is -2.21. The molecule has 0 spiro atoms. The summed E-state index contributed by atoms with van der Waals surface area (Å²) in [6, 6.07) is 1.42. The number of carbonyl (C=O) groups excluding carboxylic acids is 1. The summed E-state index contributed by atoms with van der Waals surface area (Å²) < 4.78 is 12.6. The Morgan fingerprint density at radius 1 is 1.52 bits per heavy atom. The van der Waals surface area contributed by atoms with E-state index in [1.807, 2.05) is 26.4 Å². The van der Waals surface area contributed by atoms with Crippen LogP contribution in [0.4, 0.5) is 5.82 Å². The van der Waals surface area contributed by atoms with Gasteiger partial charge in [-0.05, 0) is 19.8 Å². The van der Waals surface area contributed by atoms with Gasteiger partial charge < -0.3 is 19.9 Å². The third-order valence-electron chi connectivity index (χ3n) is 4.50. The van der Waals surface area contributed by atoms with Crippen molar-refractivity contribution in [2.45, 2.75) is 38.8 Å². The number of hydrogen-bond acceptors (Lipinski definition) is 6. The molecule has 136 valence electrons. The summed E-state index contributed by atoms with van der Waals surface area (Å²) in [5, 5.41) is 14.2. The summed E-state index contributed by atoms with van der Waals surface area (Å²) in [7, 11) is 1.90. The van der Waals surface area contributed by atoms with Gasteiger partial charge in [-0.2, -0.15) is 5.10 Å². The van der Waals surface area contributed by atoms with Crippen LogP contribution in [-0.2, 0) is 16.6 Å². The first-order chi connectivity index (χ1) is 12.1. The molecule has 25 heavy (non-hydrogen) atoms. The normalized spacial score (nSPS) is 21.4. The molecule has 0 aliphatic carbocycles. The maximum absolute atomic E-state index is 12.4. The van der Waals surface area contributed by atoms with Crippen LogP contribution in [0.5, 0.6) is 0 Å². The van der Waals surface area contributed by atoms with Crippen LogP contribution >= 0.6 is 0 Å². The molecule has 0 saturated carbocycles. The molecule has 2 N–H and O–H groups in total. The molecule has 0 bridgehead atoms. The van der Waals surface area contributed by atoms with Gasteiger partial charge in [0.15, 0.2) is 5.82 Å². The summed E-state index contributed by atoms with van der Waals surface area (Å²) in [5.74, 6) is 1.33. The van der Waals surface area contributed by atoms with Gasteiger partial charge in [0.05, 0.1) is 18.3 Å². The van der Waals surface area contributed by atoms with Gasteiger partial charge in [0, 0.05) is 43.9 Å². The van der Waals surface area contributed by atoms with Crippen molar-refractivity contribution in [3.63, 3.8) is 0 Å². The predicted octanol–water partition coefficient (Wildman–Crippen LogP) is 1.80. The van der Waals surface area contributed by atoms with Crippen LogP contribution in [0.15, 0.2) is 23.0 Å². The van der Waals surface area contributed by atoms with Crippen molar-refractivity contribution < 1.29 is 14.1 Å². The Labute approximate surface area is 146 Å². The SMILES string of the molecule is CC[C@H](NC[C@H]1CCO[C@@H]1c1cnn(C)c1)C(=O)Nc1cc(C)on1. The summed E-state index contributed by atoms with van der Waals surface area (Å²) in [6.07, 6.45) is 5.51. The van der Waals surface area contributed by atoms with Crippen molar-refractivity contribution in [1.82, 2.24) is 20.3 Å². The number of hydrogen-bond donors (Lipinski definition) is 2. The number of rotatable bonds is 7. The molecule has 3 atom stereocenters. The van der Waals surface area contributed by atoms with E-state index >= 15 is 0 Å². The van der Waals surface area contributed by atoms with E-state index in [4.69, 9.17) is 9.26 Å². The Kier molecular flexibility index (Phi) is 5.50. The molecule has 8 nitrogen and oxygen atoms in total. The molecule has 2 aromatic rings. The second-order valence-electron chi connectivity index (χ2n) is 6.47. The average Bonchev–Trinajstić information content (AvgIpc) is 3.29. The van der Waals surface area contributed by atoms with E-state index in [1.165, 1.54) is 0 Å². The quantitative estimate of drug-likeness (QED) is 0.793. The zero-order valence-electron chi connectivity index (χ0n) is 14.9. The van der Waals surface area contributed by atoms with Crippen molar-refractivity contribution >= 4 is 11.7 Å². The number of nitrogens with one attached hydrogen (secondary N) is 2. The van der Waals surface area contributed by atoms with Gasteiger partial charge in [-0.1, -0.05) is 12.1 Å². The molecule has 2 aromatic heterocycles. The fourth-order valence-corrected chi connectivity index (χ4v) is 3.15. The van der Waals surface area contributed by atoms with Crippen LogP contribution < -0.4 is 10.6 Å². The number of amides is 1. The number of aryl methyl sites for hydroxylation is 2. The van der Waals surface area contributed by atoms with Crippen LogP contribution in [0.3, 0.4) is 0 Å². The van der Waals surface area contributed by atoms with Crippen molar-refractivity contribution in [3.8, 4) is 0 Å². The molecule has 1 amide bonds. The Bertz CT molecular complexity index is 711. The molecule has 0 unspecified atom stereocenters. The zero-order chi connectivity index (χ0) is 17.8. The first kappa shape index (κ1) is 17.6. The van der Waals surface area contributed by atoms with E-state index in [9.17, 15) is 4.79 Å². The highest BCUT2D eigenvalue weighted by Crippen LogP contribution is 2.33. The highest BCUT2D eigenvalue weighted by Gasteiger charge is 2.31. The van der Waals surface area contributed by atoms with Crippen molar-refractivity contribution in [1.29, 1.82) is 0 Å².